The maximum Gasteiger partial charge on any atom is 0.131 e. The highest BCUT2D eigenvalue weighted by Gasteiger charge is 2.13. The average Bonchev–Trinajstić information content (AvgIpc) is 2.37. The van der Waals surface area contributed by atoms with Crippen LogP contribution in [0.3, 0.4) is 0 Å². The summed E-state index contributed by atoms with van der Waals surface area (Å²) in [6.45, 7) is 4.62. The van der Waals surface area contributed by atoms with Crippen molar-refractivity contribution in [2.75, 3.05) is 6.61 Å². The lowest BCUT2D eigenvalue weighted by molar-refractivity contribution is 0.298. The first kappa shape index (κ1) is 16.0. The Balaban J connectivity index is 2.35. The van der Waals surface area contributed by atoms with Crippen molar-refractivity contribution in [3.8, 4) is 5.75 Å². The zero-order valence-corrected chi connectivity index (χ0v) is 12.1. The molecule has 1 atom stereocenters. The van der Waals surface area contributed by atoms with E-state index in [9.17, 15) is 4.39 Å². The molecule has 1 aromatic carbocycles. The van der Waals surface area contributed by atoms with Gasteiger partial charge in [0, 0.05) is 11.6 Å². The van der Waals surface area contributed by atoms with Gasteiger partial charge in [0.15, 0.2) is 0 Å². The molecule has 0 saturated carbocycles. The van der Waals surface area contributed by atoms with Crippen LogP contribution in [0.4, 0.5) is 4.39 Å². The number of hydrogen-bond donors (Lipinski definition) is 1. The molecule has 0 aliphatic carbocycles. The average molecular weight is 267 g/mol. The van der Waals surface area contributed by atoms with Crippen LogP contribution in [-0.2, 0) is 0 Å². The molecule has 0 unspecified atom stereocenters. The summed E-state index contributed by atoms with van der Waals surface area (Å²) in [6, 6.07) is 4.54. The van der Waals surface area contributed by atoms with E-state index in [1.54, 1.807) is 19.1 Å². The molecule has 2 nitrogen and oxygen atoms in total. The lowest BCUT2D eigenvalue weighted by atomic mass is 10.1. The summed E-state index contributed by atoms with van der Waals surface area (Å²) < 4.78 is 19.3. The van der Waals surface area contributed by atoms with Crippen molar-refractivity contribution < 1.29 is 9.13 Å². The molecule has 2 N–H and O–H groups in total. The minimum atomic E-state index is -0.347. The van der Waals surface area contributed by atoms with Crippen LogP contribution in [0.15, 0.2) is 18.2 Å². The molecular weight excluding hydrogens is 241 g/mol. The third kappa shape index (κ3) is 5.60. The number of benzene rings is 1. The molecule has 0 heterocycles. The van der Waals surface area contributed by atoms with E-state index in [1.165, 1.54) is 38.2 Å². The van der Waals surface area contributed by atoms with Gasteiger partial charge in [-0.15, -0.1) is 0 Å². The van der Waals surface area contributed by atoms with E-state index in [2.05, 4.69) is 6.92 Å². The quantitative estimate of drug-likeness (QED) is 0.664. The first-order chi connectivity index (χ1) is 9.16. The van der Waals surface area contributed by atoms with E-state index in [0.29, 0.717) is 17.9 Å². The Kier molecular flexibility index (Phi) is 7.49. The molecular formula is C16H26FNO. The standard InChI is InChI=1S/C16H26FNO/c1-3-4-5-6-7-8-12-19-15-11-9-10-14(17)16(15)13(2)18/h9-11,13H,3-8,12,18H2,1-2H3/t13-/m0/s1. The molecule has 0 amide bonds. The van der Waals surface area contributed by atoms with Crippen LogP contribution in [0, 0.1) is 5.82 Å². The molecule has 0 fully saturated rings. The number of rotatable bonds is 9. The molecule has 0 aromatic heterocycles. The summed E-state index contributed by atoms with van der Waals surface area (Å²) >= 11 is 0. The van der Waals surface area contributed by atoms with Gasteiger partial charge in [-0.25, -0.2) is 4.39 Å². The van der Waals surface area contributed by atoms with Gasteiger partial charge >= 0.3 is 0 Å². The molecule has 1 rings (SSSR count). The Bertz CT molecular complexity index is 366. The molecule has 3 heteroatoms. The van der Waals surface area contributed by atoms with Crippen molar-refractivity contribution in [1.82, 2.24) is 0 Å². The Morgan fingerprint density at radius 3 is 2.53 bits per heavy atom. The summed E-state index contributed by atoms with van der Waals surface area (Å²) in [5.74, 6) is 0.305. The van der Waals surface area contributed by atoms with E-state index >= 15 is 0 Å². The van der Waals surface area contributed by atoms with Crippen LogP contribution in [0.2, 0.25) is 0 Å². The van der Waals surface area contributed by atoms with E-state index in [0.717, 1.165) is 6.42 Å². The number of ether oxygens (including phenoxy) is 1. The van der Waals surface area contributed by atoms with E-state index in [1.807, 2.05) is 0 Å². The highest BCUT2D eigenvalue weighted by atomic mass is 19.1. The Morgan fingerprint density at radius 1 is 1.16 bits per heavy atom. The fourth-order valence-corrected chi connectivity index (χ4v) is 2.15. The summed E-state index contributed by atoms with van der Waals surface area (Å²) in [5, 5.41) is 0. The Labute approximate surface area is 116 Å². The predicted molar refractivity (Wildman–Crippen MR) is 77.9 cm³/mol. The molecule has 0 radical (unpaired) electrons. The SMILES string of the molecule is CCCCCCCCOc1cccc(F)c1[C@H](C)N. The second kappa shape index (κ2) is 8.92. The van der Waals surface area contributed by atoms with Crippen molar-refractivity contribution >= 4 is 0 Å². The van der Waals surface area contributed by atoms with Gasteiger partial charge in [-0.2, -0.15) is 0 Å². The first-order valence-corrected chi connectivity index (χ1v) is 7.33. The van der Waals surface area contributed by atoms with Crippen molar-refractivity contribution in [2.45, 2.75) is 58.4 Å². The lowest BCUT2D eigenvalue weighted by Crippen LogP contribution is -2.11. The fourth-order valence-electron chi connectivity index (χ4n) is 2.15. The molecule has 0 spiro atoms. The Hall–Kier alpha value is -1.09. The third-order valence-corrected chi connectivity index (χ3v) is 3.22. The largest absolute Gasteiger partial charge is 0.493 e. The van der Waals surface area contributed by atoms with Crippen LogP contribution in [-0.4, -0.2) is 6.61 Å². The summed E-state index contributed by atoms with van der Waals surface area (Å²) in [4.78, 5) is 0. The van der Waals surface area contributed by atoms with Crippen LogP contribution < -0.4 is 10.5 Å². The number of nitrogens with two attached hydrogens (primary N) is 1. The molecule has 0 saturated heterocycles. The normalized spacial score (nSPS) is 12.4. The van der Waals surface area contributed by atoms with Crippen LogP contribution in [0.25, 0.3) is 0 Å². The molecule has 19 heavy (non-hydrogen) atoms. The second-order valence-electron chi connectivity index (χ2n) is 5.06. The molecule has 0 aliphatic rings. The van der Waals surface area contributed by atoms with Crippen LogP contribution in [0.5, 0.6) is 5.75 Å². The fraction of sp³-hybridized carbons (Fsp3) is 0.625. The summed E-state index contributed by atoms with van der Waals surface area (Å²) in [7, 11) is 0. The van der Waals surface area contributed by atoms with Crippen LogP contribution in [0.1, 0.15) is 64.0 Å². The maximum atomic E-state index is 13.7. The van der Waals surface area contributed by atoms with Gasteiger partial charge in [-0.05, 0) is 25.5 Å². The first-order valence-electron chi connectivity index (χ1n) is 7.33. The summed E-state index contributed by atoms with van der Waals surface area (Å²) in [6.07, 6.45) is 7.29. The van der Waals surface area contributed by atoms with Crippen molar-refractivity contribution in [3.63, 3.8) is 0 Å². The van der Waals surface area contributed by atoms with Gasteiger partial charge in [-0.3, -0.25) is 0 Å². The van der Waals surface area contributed by atoms with Gasteiger partial charge in [0.1, 0.15) is 11.6 Å². The lowest BCUT2D eigenvalue weighted by Gasteiger charge is -2.14. The second-order valence-corrected chi connectivity index (χ2v) is 5.06. The number of halogens is 1. The minimum absolute atomic E-state index is 0.282. The molecule has 1 aromatic rings. The van der Waals surface area contributed by atoms with E-state index in [4.69, 9.17) is 10.5 Å². The number of hydrogen-bond acceptors (Lipinski definition) is 2. The zero-order valence-electron chi connectivity index (χ0n) is 12.1. The predicted octanol–water partition coefficient (Wildman–Crippen LogP) is 4.58. The van der Waals surface area contributed by atoms with E-state index in [-0.39, 0.29) is 11.9 Å². The molecule has 0 bridgehead atoms. The summed E-state index contributed by atoms with van der Waals surface area (Å²) in [5.41, 5.74) is 6.26. The maximum absolute atomic E-state index is 13.7. The molecule has 108 valence electrons. The van der Waals surface area contributed by atoms with E-state index < -0.39 is 0 Å². The van der Waals surface area contributed by atoms with Gasteiger partial charge < -0.3 is 10.5 Å². The highest BCUT2D eigenvalue weighted by Crippen LogP contribution is 2.26. The van der Waals surface area contributed by atoms with Gasteiger partial charge in [0.25, 0.3) is 0 Å². The molecule has 0 aliphatic heterocycles. The number of unbranched alkanes of at least 4 members (excludes halogenated alkanes) is 5. The minimum Gasteiger partial charge on any atom is -0.493 e. The third-order valence-electron chi connectivity index (χ3n) is 3.22. The van der Waals surface area contributed by atoms with Gasteiger partial charge in [-0.1, -0.05) is 45.1 Å². The van der Waals surface area contributed by atoms with Gasteiger partial charge in [0.2, 0.25) is 0 Å². The topological polar surface area (TPSA) is 35.2 Å². The van der Waals surface area contributed by atoms with Crippen molar-refractivity contribution in [3.05, 3.63) is 29.6 Å². The smallest absolute Gasteiger partial charge is 0.131 e. The van der Waals surface area contributed by atoms with Crippen molar-refractivity contribution in [2.24, 2.45) is 5.73 Å². The Morgan fingerprint density at radius 2 is 1.84 bits per heavy atom. The highest BCUT2D eigenvalue weighted by molar-refractivity contribution is 5.36. The van der Waals surface area contributed by atoms with Crippen molar-refractivity contribution in [1.29, 1.82) is 0 Å². The monoisotopic (exact) mass is 267 g/mol. The zero-order chi connectivity index (χ0) is 14.1. The van der Waals surface area contributed by atoms with Crippen LogP contribution >= 0.6 is 0 Å². The van der Waals surface area contributed by atoms with Gasteiger partial charge in [0.05, 0.1) is 6.61 Å².